The maximum Gasteiger partial charge on any atom is 0.296 e. The molecule has 2 aromatic rings. The second-order valence-electron chi connectivity index (χ2n) is 7.43. The number of benzene rings is 1. The molecular formula is C20H19N3O4S. The summed E-state index contributed by atoms with van der Waals surface area (Å²) in [6.07, 6.45) is 3.36. The third-order valence-electron chi connectivity index (χ3n) is 5.69. The van der Waals surface area contributed by atoms with Crippen LogP contribution >= 0.6 is 11.3 Å². The second kappa shape index (κ2) is 6.41. The summed E-state index contributed by atoms with van der Waals surface area (Å²) >= 11 is 1.30. The van der Waals surface area contributed by atoms with E-state index in [4.69, 9.17) is 4.74 Å². The minimum atomic E-state index is -0.620. The number of fused-ring (bicyclic) bond motifs is 1. The Bertz CT molecular complexity index is 997. The third kappa shape index (κ3) is 2.55. The number of ketones is 1. The lowest BCUT2D eigenvalue weighted by Crippen LogP contribution is -2.39. The predicted molar refractivity (Wildman–Crippen MR) is 102 cm³/mol. The molecule has 0 saturated heterocycles. The molecule has 1 aliphatic carbocycles. The summed E-state index contributed by atoms with van der Waals surface area (Å²) in [7, 11) is 0. The zero-order chi connectivity index (χ0) is 19.4. The minimum absolute atomic E-state index is 0.00103. The number of aryl methyl sites for hydroxylation is 1. The molecule has 1 amide bonds. The Balaban J connectivity index is 1.65. The van der Waals surface area contributed by atoms with Crippen LogP contribution in [0.4, 0.5) is 5.13 Å². The smallest absolute Gasteiger partial charge is 0.296 e. The fourth-order valence-corrected chi connectivity index (χ4v) is 5.11. The van der Waals surface area contributed by atoms with Crippen molar-refractivity contribution in [3.63, 3.8) is 0 Å². The van der Waals surface area contributed by atoms with E-state index in [0.29, 0.717) is 10.7 Å². The van der Waals surface area contributed by atoms with Crippen LogP contribution in [-0.2, 0) is 14.3 Å². The van der Waals surface area contributed by atoms with Gasteiger partial charge in [0, 0.05) is 0 Å². The highest BCUT2D eigenvalue weighted by atomic mass is 32.1. The van der Waals surface area contributed by atoms with Gasteiger partial charge in [0.05, 0.1) is 17.5 Å². The Morgan fingerprint density at radius 3 is 2.61 bits per heavy atom. The lowest BCUT2D eigenvalue weighted by atomic mass is 9.77. The van der Waals surface area contributed by atoms with Crippen molar-refractivity contribution >= 4 is 28.2 Å². The number of anilines is 1. The number of hydrogen-bond acceptors (Lipinski definition) is 7. The second-order valence-corrected chi connectivity index (χ2v) is 8.59. The molecule has 2 aliphatic heterocycles. The number of aromatic nitrogens is 2. The molecule has 3 unspecified atom stereocenters. The van der Waals surface area contributed by atoms with E-state index in [0.717, 1.165) is 36.3 Å². The van der Waals surface area contributed by atoms with Crippen molar-refractivity contribution in [1.29, 1.82) is 0 Å². The number of amides is 1. The number of rotatable bonds is 2. The first-order valence-electron chi connectivity index (χ1n) is 9.42. The first-order chi connectivity index (χ1) is 13.5. The zero-order valence-electron chi connectivity index (χ0n) is 15.3. The van der Waals surface area contributed by atoms with Crippen molar-refractivity contribution in [2.75, 3.05) is 4.90 Å². The SMILES string of the molecule is Cc1nnc(N2C(=O)C3=C(C(=O)C4CCCCC4O3)C2c2ccc(O)cc2)s1. The van der Waals surface area contributed by atoms with Gasteiger partial charge in [-0.05, 0) is 43.9 Å². The molecule has 3 heterocycles. The Morgan fingerprint density at radius 2 is 1.89 bits per heavy atom. The maximum absolute atomic E-state index is 13.4. The lowest BCUT2D eigenvalue weighted by molar-refractivity contribution is -0.131. The van der Waals surface area contributed by atoms with Crippen LogP contribution in [0.25, 0.3) is 0 Å². The van der Waals surface area contributed by atoms with Gasteiger partial charge < -0.3 is 9.84 Å². The molecule has 144 valence electrons. The number of carbonyl (C=O) groups excluding carboxylic acids is 2. The summed E-state index contributed by atoms with van der Waals surface area (Å²) in [5.74, 6) is -0.267. The van der Waals surface area contributed by atoms with E-state index >= 15 is 0 Å². The van der Waals surface area contributed by atoms with Crippen LogP contribution in [0.3, 0.4) is 0 Å². The fraction of sp³-hybridized carbons (Fsp3) is 0.400. The van der Waals surface area contributed by atoms with E-state index in [2.05, 4.69) is 10.2 Å². The molecule has 1 saturated carbocycles. The van der Waals surface area contributed by atoms with Gasteiger partial charge in [-0.2, -0.15) is 0 Å². The topological polar surface area (TPSA) is 92.6 Å². The third-order valence-corrected chi connectivity index (χ3v) is 6.53. The summed E-state index contributed by atoms with van der Waals surface area (Å²) in [6, 6.07) is 5.94. The summed E-state index contributed by atoms with van der Waals surface area (Å²) < 4.78 is 6.11. The highest BCUT2D eigenvalue weighted by Crippen LogP contribution is 2.48. The van der Waals surface area contributed by atoms with Gasteiger partial charge in [0.25, 0.3) is 5.91 Å². The molecule has 3 aliphatic rings. The van der Waals surface area contributed by atoms with Crippen LogP contribution in [0.1, 0.15) is 42.3 Å². The summed E-state index contributed by atoms with van der Waals surface area (Å²) in [5, 5.41) is 19.0. The van der Waals surface area contributed by atoms with Crippen LogP contribution in [0.2, 0.25) is 0 Å². The Hall–Kier alpha value is -2.74. The van der Waals surface area contributed by atoms with Crippen LogP contribution in [0.15, 0.2) is 35.6 Å². The number of Topliss-reactive ketones (excluding diaryl/α,β-unsaturated/α-hetero) is 1. The van der Waals surface area contributed by atoms with E-state index in [1.807, 2.05) is 6.92 Å². The highest BCUT2D eigenvalue weighted by molar-refractivity contribution is 7.15. The molecule has 1 aromatic heterocycles. The number of ether oxygens (including phenoxy) is 1. The summed E-state index contributed by atoms with van der Waals surface area (Å²) in [6.45, 7) is 1.82. The summed E-state index contributed by atoms with van der Waals surface area (Å²) in [5.41, 5.74) is 1.14. The molecule has 1 fully saturated rings. The summed E-state index contributed by atoms with van der Waals surface area (Å²) in [4.78, 5) is 28.2. The molecule has 0 spiro atoms. The quantitative estimate of drug-likeness (QED) is 0.837. The van der Waals surface area contributed by atoms with Crippen molar-refractivity contribution in [3.8, 4) is 5.75 Å². The predicted octanol–water partition coefficient (Wildman–Crippen LogP) is 3.05. The van der Waals surface area contributed by atoms with Gasteiger partial charge in [-0.15, -0.1) is 10.2 Å². The van der Waals surface area contributed by atoms with Crippen LogP contribution in [-0.4, -0.2) is 33.1 Å². The van der Waals surface area contributed by atoms with E-state index in [1.165, 1.54) is 16.2 Å². The maximum atomic E-state index is 13.4. The first-order valence-corrected chi connectivity index (χ1v) is 10.2. The number of hydrogen-bond donors (Lipinski definition) is 1. The largest absolute Gasteiger partial charge is 0.508 e. The van der Waals surface area contributed by atoms with E-state index in [-0.39, 0.29) is 35.2 Å². The van der Waals surface area contributed by atoms with Crippen molar-refractivity contribution in [3.05, 3.63) is 46.2 Å². The number of aromatic hydroxyl groups is 1. The molecule has 7 nitrogen and oxygen atoms in total. The van der Waals surface area contributed by atoms with Gasteiger partial charge in [0.1, 0.15) is 16.9 Å². The standard InChI is InChI=1S/C20H19N3O4S/c1-10-21-22-20(28-10)23-16(11-6-8-12(24)9-7-11)15-17(25)13-4-2-3-5-14(13)27-18(15)19(23)26/h6-9,13-14,16,24H,2-5H2,1H3. The molecule has 5 rings (SSSR count). The molecule has 8 heteroatoms. The fourth-order valence-electron chi connectivity index (χ4n) is 4.40. The number of phenols is 1. The van der Waals surface area contributed by atoms with Crippen molar-refractivity contribution in [1.82, 2.24) is 10.2 Å². The van der Waals surface area contributed by atoms with Gasteiger partial charge in [-0.1, -0.05) is 29.9 Å². The van der Waals surface area contributed by atoms with Crippen LogP contribution in [0, 0.1) is 12.8 Å². The van der Waals surface area contributed by atoms with Gasteiger partial charge in [0.2, 0.25) is 5.13 Å². The Kier molecular flexibility index (Phi) is 3.97. The Morgan fingerprint density at radius 1 is 1.14 bits per heavy atom. The number of nitrogens with zero attached hydrogens (tertiary/aromatic N) is 3. The normalized spacial score (nSPS) is 26.9. The van der Waals surface area contributed by atoms with Gasteiger partial charge >= 0.3 is 0 Å². The number of phenolic OH excluding ortho intramolecular Hbond substituents is 1. The Labute approximate surface area is 165 Å². The van der Waals surface area contributed by atoms with E-state index in [1.54, 1.807) is 24.3 Å². The molecule has 1 aromatic carbocycles. The highest BCUT2D eigenvalue weighted by Gasteiger charge is 2.53. The average Bonchev–Trinajstić information content (AvgIpc) is 3.24. The molecule has 28 heavy (non-hydrogen) atoms. The molecule has 0 radical (unpaired) electrons. The van der Waals surface area contributed by atoms with Gasteiger partial charge in [0.15, 0.2) is 11.5 Å². The molecular weight excluding hydrogens is 378 g/mol. The van der Waals surface area contributed by atoms with Gasteiger partial charge in [-0.3, -0.25) is 14.5 Å². The first kappa shape index (κ1) is 17.4. The zero-order valence-corrected chi connectivity index (χ0v) is 16.1. The van der Waals surface area contributed by atoms with Crippen molar-refractivity contribution < 1.29 is 19.4 Å². The van der Waals surface area contributed by atoms with E-state index in [9.17, 15) is 14.7 Å². The number of carbonyl (C=O) groups is 2. The average molecular weight is 397 g/mol. The van der Waals surface area contributed by atoms with E-state index < -0.39 is 6.04 Å². The van der Waals surface area contributed by atoms with Crippen molar-refractivity contribution in [2.45, 2.75) is 44.8 Å². The molecule has 0 bridgehead atoms. The van der Waals surface area contributed by atoms with Crippen LogP contribution in [0.5, 0.6) is 5.75 Å². The van der Waals surface area contributed by atoms with Crippen LogP contribution < -0.4 is 4.90 Å². The lowest BCUT2D eigenvalue weighted by Gasteiger charge is -2.35. The van der Waals surface area contributed by atoms with Crippen molar-refractivity contribution in [2.24, 2.45) is 5.92 Å². The monoisotopic (exact) mass is 397 g/mol. The molecule has 1 N–H and O–H groups in total. The van der Waals surface area contributed by atoms with Gasteiger partial charge in [-0.25, -0.2) is 0 Å². The molecule has 3 atom stereocenters. The minimum Gasteiger partial charge on any atom is -0.508 e.